The van der Waals surface area contributed by atoms with E-state index in [2.05, 4.69) is 10.3 Å². The van der Waals surface area contributed by atoms with E-state index >= 15 is 0 Å². The lowest BCUT2D eigenvalue weighted by Gasteiger charge is -2.08. The summed E-state index contributed by atoms with van der Waals surface area (Å²) < 4.78 is 0.389. The molecule has 0 radical (unpaired) electrons. The maximum atomic E-state index is 11.8. The van der Waals surface area contributed by atoms with Crippen LogP contribution in [0.2, 0.25) is 0 Å². The van der Waals surface area contributed by atoms with E-state index in [0.717, 1.165) is 0 Å². The number of carbonyl (C=O) groups excluding carboxylic acids is 1. The summed E-state index contributed by atoms with van der Waals surface area (Å²) in [5.41, 5.74) is -0.510. The Kier molecular flexibility index (Phi) is 3.48. The Morgan fingerprint density at radius 1 is 1.58 bits per heavy atom. The minimum Gasteiger partial charge on any atom is -0.425 e. The molecule has 0 bridgehead atoms. The van der Waals surface area contributed by atoms with Crippen LogP contribution in [-0.4, -0.2) is 38.6 Å². The lowest BCUT2D eigenvalue weighted by atomic mass is 10.2. The van der Waals surface area contributed by atoms with Gasteiger partial charge in [-0.25, -0.2) is 0 Å². The van der Waals surface area contributed by atoms with Gasteiger partial charge in [0.05, 0.1) is 11.6 Å². The Balaban J connectivity index is 2.47. The van der Waals surface area contributed by atoms with Crippen molar-refractivity contribution in [2.75, 3.05) is 6.54 Å². The van der Waals surface area contributed by atoms with Crippen LogP contribution in [0.1, 0.15) is 17.3 Å². The third-order valence-electron chi connectivity index (χ3n) is 2.55. The van der Waals surface area contributed by atoms with E-state index in [-0.39, 0.29) is 17.6 Å². The van der Waals surface area contributed by atoms with Gasteiger partial charge in [-0.15, -0.1) is 4.73 Å². The molecule has 7 heteroatoms. The van der Waals surface area contributed by atoms with Crippen LogP contribution in [0, 0.1) is 0 Å². The Morgan fingerprint density at radius 2 is 2.32 bits per heavy atom. The first-order chi connectivity index (χ1) is 9.00. The van der Waals surface area contributed by atoms with Gasteiger partial charge in [-0.2, -0.15) is 0 Å². The van der Waals surface area contributed by atoms with Gasteiger partial charge in [0.2, 0.25) is 0 Å². The number of aliphatic hydroxyl groups is 1. The first-order valence-corrected chi connectivity index (χ1v) is 5.67. The third-order valence-corrected chi connectivity index (χ3v) is 2.55. The molecule has 0 fully saturated rings. The van der Waals surface area contributed by atoms with Crippen molar-refractivity contribution < 1.29 is 15.1 Å². The van der Waals surface area contributed by atoms with Crippen molar-refractivity contribution in [3.05, 3.63) is 40.3 Å². The van der Waals surface area contributed by atoms with E-state index in [0.29, 0.717) is 10.2 Å². The largest absolute Gasteiger partial charge is 0.425 e. The summed E-state index contributed by atoms with van der Waals surface area (Å²) >= 11 is 0. The van der Waals surface area contributed by atoms with E-state index in [4.69, 9.17) is 5.11 Å². The summed E-state index contributed by atoms with van der Waals surface area (Å²) in [6, 6.07) is 4.39. The molecule has 19 heavy (non-hydrogen) atoms. The van der Waals surface area contributed by atoms with Crippen molar-refractivity contribution >= 4 is 16.9 Å². The van der Waals surface area contributed by atoms with Crippen LogP contribution in [0.15, 0.2) is 29.2 Å². The molecule has 2 rings (SSSR count). The molecular formula is C12H13N3O4. The molecule has 3 N–H and O–H groups in total. The number of hydrogen-bond donors (Lipinski definition) is 3. The van der Waals surface area contributed by atoms with Crippen molar-refractivity contribution in [1.29, 1.82) is 0 Å². The van der Waals surface area contributed by atoms with E-state index in [9.17, 15) is 14.8 Å². The van der Waals surface area contributed by atoms with Gasteiger partial charge >= 0.3 is 0 Å². The first kappa shape index (κ1) is 13.0. The van der Waals surface area contributed by atoms with E-state index < -0.39 is 17.6 Å². The van der Waals surface area contributed by atoms with Crippen molar-refractivity contribution in [2.45, 2.75) is 13.0 Å². The van der Waals surface area contributed by atoms with Crippen LogP contribution in [0.3, 0.4) is 0 Å². The average molecular weight is 263 g/mol. The molecule has 0 saturated heterocycles. The fourth-order valence-electron chi connectivity index (χ4n) is 1.62. The van der Waals surface area contributed by atoms with E-state index in [1.54, 1.807) is 6.07 Å². The highest BCUT2D eigenvalue weighted by Crippen LogP contribution is 2.09. The van der Waals surface area contributed by atoms with Gasteiger partial charge < -0.3 is 15.6 Å². The summed E-state index contributed by atoms with van der Waals surface area (Å²) in [5.74, 6) is -0.666. The molecule has 0 aliphatic heterocycles. The first-order valence-electron chi connectivity index (χ1n) is 5.67. The van der Waals surface area contributed by atoms with Crippen LogP contribution < -0.4 is 10.9 Å². The SMILES string of the molecule is CC(O)CNC(=O)c1cc2ncccc2n(O)c1=O. The molecule has 2 heterocycles. The quantitative estimate of drug-likeness (QED) is 0.662. The zero-order valence-corrected chi connectivity index (χ0v) is 10.2. The van der Waals surface area contributed by atoms with E-state index in [1.807, 2.05) is 0 Å². The second-order valence-corrected chi connectivity index (χ2v) is 4.14. The minimum atomic E-state index is -0.830. The topological polar surface area (TPSA) is 104 Å². The highest BCUT2D eigenvalue weighted by molar-refractivity contribution is 5.96. The van der Waals surface area contributed by atoms with Gasteiger partial charge in [-0.3, -0.25) is 14.6 Å². The maximum absolute atomic E-state index is 11.8. The van der Waals surface area contributed by atoms with Crippen LogP contribution >= 0.6 is 0 Å². The summed E-state index contributed by atoms with van der Waals surface area (Å²) in [5, 5.41) is 21.2. The van der Waals surface area contributed by atoms with Crippen LogP contribution in [0.4, 0.5) is 0 Å². The summed E-state index contributed by atoms with van der Waals surface area (Å²) in [7, 11) is 0. The lowest BCUT2D eigenvalue weighted by Crippen LogP contribution is -2.36. The molecule has 0 aliphatic carbocycles. The molecule has 100 valence electrons. The normalized spacial score (nSPS) is 12.3. The van der Waals surface area contributed by atoms with Crippen molar-refractivity contribution in [3.63, 3.8) is 0 Å². The second kappa shape index (κ2) is 5.07. The highest BCUT2D eigenvalue weighted by atomic mass is 16.5. The predicted octanol–water partition coefficient (Wildman–Crippen LogP) is -0.256. The number of hydrogen-bond acceptors (Lipinski definition) is 5. The summed E-state index contributed by atoms with van der Waals surface area (Å²) in [4.78, 5) is 27.6. The summed E-state index contributed by atoms with van der Waals surface area (Å²) in [6.07, 6.45) is 0.767. The minimum absolute atomic E-state index is 0.0178. The maximum Gasteiger partial charge on any atom is 0.296 e. The molecule has 0 spiro atoms. The molecule has 2 aromatic heterocycles. The zero-order valence-electron chi connectivity index (χ0n) is 10.2. The van der Waals surface area contributed by atoms with Gasteiger partial charge in [-0.05, 0) is 25.1 Å². The molecular weight excluding hydrogens is 250 g/mol. The smallest absolute Gasteiger partial charge is 0.296 e. The molecule has 0 saturated carbocycles. The van der Waals surface area contributed by atoms with Gasteiger partial charge in [-0.1, -0.05) is 0 Å². The summed E-state index contributed by atoms with van der Waals surface area (Å²) in [6.45, 7) is 1.52. The van der Waals surface area contributed by atoms with Crippen molar-refractivity contribution in [2.24, 2.45) is 0 Å². The molecule has 0 aliphatic rings. The lowest BCUT2D eigenvalue weighted by molar-refractivity contribution is 0.0917. The van der Waals surface area contributed by atoms with Gasteiger partial charge in [0.25, 0.3) is 11.5 Å². The average Bonchev–Trinajstić information content (AvgIpc) is 2.40. The highest BCUT2D eigenvalue weighted by Gasteiger charge is 2.15. The number of rotatable bonds is 3. The number of nitrogens with one attached hydrogen (secondary N) is 1. The van der Waals surface area contributed by atoms with Crippen LogP contribution in [0.5, 0.6) is 0 Å². The number of aromatic nitrogens is 2. The molecule has 2 aromatic rings. The number of fused-ring (bicyclic) bond motifs is 1. The monoisotopic (exact) mass is 263 g/mol. The van der Waals surface area contributed by atoms with Gasteiger partial charge in [0, 0.05) is 12.7 Å². The number of pyridine rings is 2. The molecule has 1 atom stereocenters. The number of nitrogens with zero attached hydrogens (tertiary/aromatic N) is 2. The predicted molar refractivity (Wildman–Crippen MR) is 67.2 cm³/mol. The van der Waals surface area contributed by atoms with E-state index in [1.165, 1.54) is 25.3 Å². The standard InChI is InChI=1S/C12H13N3O4/c1-7(16)6-14-11(17)8-5-9-10(3-2-4-13-9)15(19)12(8)18/h2-5,7,16,19H,6H2,1H3,(H,14,17). The number of amides is 1. The van der Waals surface area contributed by atoms with Crippen molar-refractivity contribution in [3.8, 4) is 0 Å². The fraction of sp³-hybridized carbons (Fsp3) is 0.250. The molecule has 1 unspecified atom stereocenters. The molecule has 7 nitrogen and oxygen atoms in total. The third kappa shape index (κ3) is 2.55. The van der Waals surface area contributed by atoms with Crippen LogP contribution in [0.25, 0.3) is 11.0 Å². The number of aliphatic hydroxyl groups excluding tert-OH is 1. The molecule has 0 aromatic carbocycles. The Labute approximate surface area is 108 Å². The van der Waals surface area contributed by atoms with Crippen molar-refractivity contribution in [1.82, 2.24) is 15.0 Å². The Hall–Kier alpha value is -2.41. The second-order valence-electron chi connectivity index (χ2n) is 4.14. The van der Waals surface area contributed by atoms with Gasteiger partial charge in [0.15, 0.2) is 0 Å². The number of carbonyl (C=O) groups is 1. The van der Waals surface area contributed by atoms with Gasteiger partial charge in [0.1, 0.15) is 11.1 Å². The fourth-order valence-corrected chi connectivity index (χ4v) is 1.62. The Morgan fingerprint density at radius 3 is 3.00 bits per heavy atom. The molecule has 1 amide bonds. The zero-order chi connectivity index (χ0) is 14.0. The van der Waals surface area contributed by atoms with Crippen LogP contribution in [-0.2, 0) is 0 Å². The Bertz CT molecular complexity index is 678.